The topological polar surface area (TPSA) is 84.1 Å². The van der Waals surface area contributed by atoms with Crippen LogP contribution in [-0.4, -0.2) is 74.9 Å². The fourth-order valence-electron chi connectivity index (χ4n) is 3.73. The number of halogens is 2. The van der Waals surface area contributed by atoms with Gasteiger partial charge in [-0.1, -0.05) is 37.0 Å². The number of ether oxygens (including phenoxy) is 1. The Kier molecular flexibility index (Phi) is 9.09. The van der Waals surface area contributed by atoms with Crippen LogP contribution in [-0.2, 0) is 10.0 Å². The van der Waals surface area contributed by atoms with Crippen LogP contribution in [0.25, 0.3) is 0 Å². The van der Waals surface area contributed by atoms with E-state index in [1.54, 1.807) is 11.2 Å². The quantitative estimate of drug-likeness (QED) is 0.523. The molecule has 0 amide bonds. The number of benzene rings is 2. The van der Waals surface area contributed by atoms with Crippen LogP contribution in [0.2, 0.25) is 10.0 Å². The van der Waals surface area contributed by atoms with Crippen molar-refractivity contribution in [2.75, 3.05) is 52.4 Å². The van der Waals surface area contributed by atoms with Crippen LogP contribution in [0.4, 0.5) is 5.69 Å². The van der Waals surface area contributed by atoms with Gasteiger partial charge >= 0.3 is 0 Å². The summed E-state index contributed by atoms with van der Waals surface area (Å²) >= 11 is 12.1. The SMILES string of the molecule is CCN(CC)CCN1CCN(S(=O)(=O)c2cc([NH+]=O)ccc2Oc2cc(Cl)cc(Cl)c2)CC1. The number of nitroso groups, excluding NO2 is 1. The van der Waals surface area contributed by atoms with Crippen molar-refractivity contribution in [3.8, 4) is 11.5 Å². The number of nitrogens with one attached hydrogen (secondary N) is 1. The second-order valence-corrected chi connectivity index (χ2v) is 10.5. The van der Waals surface area contributed by atoms with E-state index in [4.69, 9.17) is 27.9 Å². The van der Waals surface area contributed by atoms with Gasteiger partial charge in [-0.2, -0.15) is 4.31 Å². The molecule has 1 aliphatic heterocycles. The number of rotatable bonds is 10. The van der Waals surface area contributed by atoms with Crippen LogP contribution in [0.3, 0.4) is 0 Å². The Morgan fingerprint density at radius 3 is 2.21 bits per heavy atom. The van der Waals surface area contributed by atoms with E-state index in [2.05, 4.69) is 23.6 Å². The van der Waals surface area contributed by atoms with Crippen molar-refractivity contribution in [1.29, 1.82) is 0 Å². The number of piperazine rings is 1. The highest BCUT2D eigenvalue weighted by Gasteiger charge is 2.32. The van der Waals surface area contributed by atoms with Gasteiger partial charge in [-0.3, -0.25) is 4.90 Å². The third kappa shape index (κ3) is 6.65. The van der Waals surface area contributed by atoms with Gasteiger partial charge in [-0.05, 0) is 37.4 Å². The first-order chi connectivity index (χ1) is 15.8. The minimum absolute atomic E-state index is 0.0870. The molecule has 8 nitrogen and oxygen atoms in total. The number of likely N-dealkylation sites (N-methyl/N-ethyl adjacent to an activating group) is 1. The maximum absolute atomic E-state index is 13.5. The van der Waals surface area contributed by atoms with Gasteiger partial charge in [0.15, 0.2) is 0 Å². The lowest BCUT2D eigenvalue weighted by molar-refractivity contribution is -0.379. The normalized spacial score (nSPS) is 15.7. The van der Waals surface area contributed by atoms with E-state index in [0.717, 1.165) is 26.2 Å². The molecule has 1 saturated heterocycles. The molecule has 0 saturated carbocycles. The average Bonchev–Trinajstić information content (AvgIpc) is 2.79. The maximum atomic E-state index is 13.5. The third-order valence-corrected chi connectivity index (χ3v) is 8.06. The molecule has 3 rings (SSSR count). The molecular weight excluding hydrogens is 487 g/mol. The molecule has 0 unspecified atom stereocenters. The molecule has 0 bridgehead atoms. The van der Waals surface area contributed by atoms with Crippen LogP contribution in [0.5, 0.6) is 11.5 Å². The highest BCUT2D eigenvalue weighted by atomic mass is 35.5. The summed E-state index contributed by atoms with van der Waals surface area (Å²) in [4.78, 5) is 15.7. The highest BCUT2D eigenvalue weighted by Crippen LogP contribution is 2.34. The van der Waals surface area contributed by atoms with E-state index in [-0.39, 0.29) is 16.3 Å². The van der Waals surface area contributed by atoms with Crippen molar-refractivity contribution in [2.45, 2.75) is 18.7 Å². The first-order valence-corrected chi connectivity index (χ1v) is 13.1. The molecule has 0 aliphatic carbocycles. The molecular formula is C22H29Cl2N4O4S+. The van der Waals surface area contributed by atoms with Gasteiger partial charge in [0, 0.05) is 71.5 Å². The molecule has 0 radical (unpaired) electrons. The van der Waals surface area contributed by atoms with E-state index in [9.17, 15) is 13.3 Å². The van der Waals surface area contributed by atoms with Gasteiger partial charge in [-0.15, -0.1) is 0 Å². The average molecular weight is 516 g/mol. The predicted molar refractivity (Wildman–Crippen MR) is 130 cm³/mol. The van der Waals surface area contributed by atoms with Crippen LogP contribution in [0.15, 0.2) is 41.3 Å². The van der Waals surface area contributed by atoms with Gasteiger partial charge in [0.25, 0.3) is 5.69 Å². The van der Waals surface area contributed by atoms with E-state index >= 15 is 0 Å². The first-order valence-electron chi connectivity index (χ1n) is 10.9. The lowest BCUT2D eigenvalue weighted by Crippen LogP contribution is -2.55. The van der Waals surface area contributed by atoms with Crippen LogP contribution < -0.4 is 9.91 Å². The lowest BCUT2D eigenvalue weighted by Gasteiger charge is -2.35. The number of nitrogens with zero attached hydrogens (tertiary/aromatic N) is 3. The van der Waals surface area contributed by atoms with Crippen LogP contribution in [0, 0.1) is 4.91 Å². The summed E-state index contributed by atoms with van der Waals surface area (Å²) in [6, 6.07) is 8.83. The Labute approximate surface area is 205 Å². The summed E-state index contributed by atoms with van der Waals surface area (Å²) in [6.45, 7) is 10.1. The van der Waals surface area contributed by atoms with Crippen LogP contribution >= 0.6 is 23.2 Å². The summed E-state index contributed by atoms with van der Waals surface area (Å²) < 4.78 is 34.3. The molecule has 11 heteroatoms. The van der Waals surface area contributed by atoms with Crippen molar-refractivity contribution < 1.29 is 18.3 Å². The zero-order valence-corrected chi connectivity index (χ0v) is 21.1. The lowest BCUT2D eigenvalue weighted by atomic mass is 10.3. The van der Waals surface area contributed by atoms with Gasteiger partial charge < -0.3 is 9.64 Å². The molecule has 1 heterocycles. The Morgan fingerprint density at radius 2 is 1.64 bits per heavy atom. The summed E-state index contributed by atoms with van der Waals surface area (Å²) in [5, 5.41) is 2.48. The van der Waals surface area contributed by atoms with Crippen molar-refractivity contribution in [2.24, 2.45) is 0 Å². The fraction of sp³-hybridized carbons (Fsp3) is 0.455. The van der Waals surface area contributed by atoms with Gasteiger partial charge in [0.05, 0.1) is 0 Å². The molecule has 1 aliphatic rings. The van der Waals surface area contributed by atoms with Crippen molar-refractivity contribution in [3.05, 3.63) is 51.4 Å². The minimum atomic E-state index is -3.90. The Balaban J connectivity index is 1.79. The molecule has 1 N–H and O–H groups in total. The summed E-state index contributed by atoms with van der Waals surface area (Å²) in [5.41, 5.74) is 0.128. The van der Waals surface area contributed by atoms with E-state index < -0.39 is 10.0 Å². The minimum Gasteiger partial charge on any atom is -0.456 e. The standard InChI is InChI=1S/C22H28Cl2N4O4S/c1-3-26(4-2)7-8-27-9-11-28(12-10-27)33(30,31)22-16-19(25-29)5-6-21(22)32-20-14-17(23)13-18(24)15-20/h5-6,13-16H,3-4,7-12H2,1-2H3/p+1. The largest absolute Gasteiger partial charge is 0.456 e. The van der Waals surface area contributed by atoms with Crippen molar-refractivity contribution in [3.63, 3.8) is 0 Å². The summed E-state index contributed by atoms with van der Waals surface area (Å²) in [7, 11) is -3.90. The molecule has 2 aromatic carbocycles. The third-order valence-electron chi connectivity index (χ3n) is 5.70. The fourth-order valence-corrected chi connectivity index (χ4v) is 5.80. The zero-order chi connectivity index (χ0) is 24.0. The number of hydrogen-bond acceptors (Lipinski definition) is 6. The van der Waals surface area contributed by atoms with Gasteiger partial charge in [0.1, 0.15) is 16.4 Å². The van der Waals surface area contributed by atoms with Gasteiger partial charge in [-0.25, -0.2) is 8.42 Å². The first kappa shape index (κ1) is 25.9. The number of sulfonamides is 1. The van der Waals surface area contributed by atoms with Gasteiger partial charge in [0.2, 0.25) is 10.0 Å². The monoisotopic (exact) mass is 515 g/mol. The van der Waals surface area contributed by atoms with E-state index in [1.807, 2.05) is 0 Å². The molecule has 0 atom stereocenters. The molecule has 0 aromatic heterocycles. The zero-order valence-electron chi connectivity index (χ0n) is 18.8. The van der Waals surface area contributed by atoms with E-state index in [0.29, 0.717) is 42.0 Å². The second kappa shape index (κ2) is 11.6. The van der Waals surface area contributed by atoms with E-state index in [1.165, 1.54) is 34.6 Å². The van der Waals surface area contributed by atoms with Crippen molar-refractivity contribution in [1.82, 2.24) is 14.1 Å². The number of hydrogen-bond donors (Lipinski definition) is 1. The summed E-state index contributed by atoms with van der Waals surface area (Å²) in [6.07, 6.45) is 0. The summed E-state index contributed by atoms with van der Waals surface area (Å²) in [5.74, 6) is 0.393. The smallest absolute Gasteiger partial charge is 0.254 e. The molecule has 2 aromatic rings. The second-order valence-electron chi connectivity index (χ2n) is 7.74. The van der Waals surface area contributed by atoms with Crippen LogP contribution in [0.1, 0.15) is 13.8 Å². The highest BCUT2D eigenvalue weighted by molar-refractivity contribution is 7.89. The Hall–Kier alpha value is -1.75. The predicted octanol–water partition coefficient (Wildman–Crippen LogP) is 2.91. The Bertz CT molecular complexity index is 1050. The molecule has 180 valence electrons. The molecule has 1 fully saturated rings. The van der Waals surface area contributed by atoms with Crippen molar-refractivity contribution >= 4 is 38.9 Å². The molecule has 0 spiro atoms. The Morgan fingerprint density at radius 1 is 1.00 bits per heavy atom. The maximum Gasteiger partial charge on any atom is 0.254 e. The molecule has 33 heavy (non-hydrogen) atoms.